The number of hydrogen-bond donors (Lipinski definition) is 11. The first-order valence-corrected chi connectivity index (χ1v) is 23.2. The normalized spacial score (nSPS) is 23.8. The van der Waals surface area contributed by atoms with Gasteiger partial charge >= 0.3 is 11.9 Å². The molecular weight excluding hydrogens is 909 g/mol. The SMILES string of the molecule is C/C=C1\NC(=O)CC[C@H](C(=O)O)NC(=O)[C@@H](C)[C@H](/C=C/C(C)=C/[C@H](C)[C@H](Cc2ccccc2)OC)NC(=O)[C@H](CCCCN=C(N)N)NC(=O)C[C@H](C(=O)O)NC(=O)[C@H](CC(C)C)NC(=O)CNC1=O. The van der Waals surface area contributed by atoms with Crippen molar-refractivity contribution in [3.8, 4) is 0 Å². The summed E-state index contributed by atoms with van der Waals surface area (Å²) in [5.41, 5.74) is 12.4. The molecule has 1 saturated heterocycles. The molecule has 7 amide bonds. The number of aliphatic imine (C=N–C) groups is 1. The van der Waals surface area contributed by atoms with Gasteiger partial charge in [0.1, 0.15) is 29.9 Å². The number of unbranched alkanes of at least 4 members (excludes halogenated alkanes) is 1. The molecule has 0 aromatic heterocycles. The van der Waals surface area contributed by atoms with Gasteiger partial charge in [-0.3, -0.25) is 38.6 Å². The van der Waals surface area contributed by atoms with E-state index >= 15 is 0 Å². The van der Waals surface area contributed by atoms with E-state index in [4.69, 9.17) is 16.2 Å². The average molecular weight is 981 g/mol. The highest BCUT2D eigenvalue weighted by molar-refractivity contribution is 6.00. The number of nitrogens with zero attached hydrogens (tertiary/aromatic N) is 1. The minimum Gasteiger partial charge on any atom is -0.480 e. The molecule has 1 aliphatic rings. The zero-order valence-electron chi connectivity index (χ0n) is 41.0. The highest BCUT2D eigenvalue weighted by Crippen LogP contribution is 2.18. The number of carbonyl (C=O) groups is 9. The van der Waals surface area contributed by atoms with Gasteiger partial charge in [-0.05, 0) is 63.9 Å². The number of methoxy groups -OCH3 is 1. The molecule has 22 heteroatoms. The molecule has 0 spiro atoms. The van der Waals surface area contributed by atoms with E-state index in [0.29, 0.717) is 12.8 Å². The van der Waals surface area contributed by atoms with Gasteiger partial charge in [0.05, 0.1) is 31.0 Å². The number of aliphatic carboxylic acids is 2. The number of carbonyl (C=O) groups excluding carboxylic acids is 7. The van der Waals surface area contributed by atoms with Crippen LogP contribution in [-0.2, 0) is 54.3 Å². The second-order valence-corrected chi connectivity index (χ2v) is 17.6. The molecule has 386 valence electrons. The van der Waals surface area contributed by atoms with Gasteiger partial charge in [0.2, 0.25) is 35.4 Å². The predicted molar refractivity (Wildman–Crippen MR) is 260 cm³/mol. The number of nitrogens with two attached hydrogens (primary N) is 2. The van der Waals surface area contributed by atoms with Crippen molar-refractivity contribution in [2.75, 3.05) is 20.2 Å². The Bertz CT molecular complexity index is 2100. The van der Waals surface area contributed by atoms with E-state index in [-0.39, 0.29) is 55.4 Å². The van der Waals surface area contributed by atoms with Gasteiger partial charge in [-0.1, -0.05) is 87.9 Å². The topological polar surface area (TPSA) is 352 Å². The number of carboxylic acid groups (broad SMARTS) is 2. The molecule has 0 bridgehead atoms. The van der Waals surface area contributed by atoms with Crippen molar-refractivity contribution in [1.82, 2.24) is 37.2 Å². The fourth-order valence-electron chi connectivity index (χ4n) is 7.29. The fourth-order valence-corrected chi connectivity index (χ4v) is 7.29. The number of guanidine groups is 1. The zero-order chi connectivity index (χ0) is 52.5. The van der Waals surface area contributed by atoms with E-state index in [1.54, 1.807) is 40.0 Å². The van der Waals surface area contributed by atoms with Crippen LogP contribution in [0, 0.1) is 17.8 Å². The van der Waals surface area contributed by atoms with Crippen LogP contribution in [0.2, 0.25) is 0 Å². The van der Waals surface area contributed by atoms with Crippen molar-refractivity contribution in [2.24, 2.45) is 34.2 Å². The van der Waals surface area contributed by atoms with Gasteiger partial charge in [0.15, 0.2) is 5.96 Å². The van der Waals surface area contributed by atoms with Crippen molar-refractivity contribution in [2.45, 2.75) is 129 Å². The number of nitrogens with one attached hydrogen (secondary N) is 7. The first kappa shape index (κ1) is 59.0. The summed E-state index contributed by atoms with van der Waals surface area (Å²) < 4.78 is 5.81. The third-order valence-corrected chi connectivity index (χ3v) is 11.2. The van der Waals surface area contributed by atoms with Crippen LogP contribution >= 0.6 is 0 Å². The van der Waals surface area contributed by atoms with Crippen LogP contribution in [0.25, 0.3) is 0 Å². The molecule has 1 aliphatic heterocycles. The van der Waals surface area contributed by atoms with Gasteiger partial charge in [0.25, 0.3) is 5.91 Å². The average Bonchev–Trinajstić information content (AvgIpc) is 3.29. The lowest BCUT2D eigenvalue weighted by molar-refractivity contribution is -0.144. The molecule has 1 aromatic carbocycles. The Hall–Kier alpha value is -7.10. The molecule has 0 radical (unpaired) electrons. The number of allylic oxidation sites excluding steroid dienone is 3. The van der Waals surface area contributed by atoms with Gasteiger partial charge in [-0.2, -0.15) is 0 Å². The van der Waals surface area contributed by atoms with Crippen LogP contribution in [0.1, 0.15) is 92.1 Å². The monoisotopic (exact) mass is 981 g/mol. The van der Waals surface area contributed by atoms with E-state index in [1.165, 1.54) is 19.9 Å². The third kappa shape index (κ3) is 21.9. The van der Waals surface area contributed by atoms with Gasteiger partial charge in [-0.25, -0.2) is 9.59 Å². The number of hydrogen-bond acceptors (Lipinski definition) is 11. The predicted octanol–water partition coefficient (Wildman–Crippen LogP) is 0.422. The van der Waals surface area contributed by atoms with Crippen LogP contribution < -0.4 is 48.7 Å². The lowest BCUT2D eigenvalue weighted by Crippen LogP contribution is -2.56. The summed E-state index contributed by atoms with van der Waals surface area (Å²) in [5.74, 6) is -10.8. The van der Waals surface area contributed by atoms with Crippen molar-refractivity contribution < 1.29 is 58.1 Å². The van der Waals surface area contributed by atoms with E-state index in [1.807, 2.05) is 43.3 Å². The molecule has 70 heavy (non-hydrogen) atoms. The molecule has 0 unspecified atom stereocenters. The Labute approximate surface area is 408 Å². The lowest BCUT2D eigenvalue weighted by Gasteiger charge is -2.27. The molecule has 1 heterocycles. The smallest absolute Gasteiger partial charge is 0.326 e. The summed E-state index contributed by atoms with van der Waals surface area (Å²) >= 11 is 0. The maximum absolute atomic E-state index is 14.3. The van der Waals surface area contributed by atoms with Gasteiger partial charge in [-0.15, -0.1) is 0 Å². The fraction of sp³-hybridized carbons (Fsp3) is 0.542. The molecule has 1 aromatic rings. The van der Waals surface area contributed by atoms with Crippen molar-refractivity contribution in [3.05, 3.63) is 71.5 Å². The van der Waals surface area contributed by atoms with Crippen LogP contribution in [0.4, 0.5) is 0 Å². The van der Waals surface area contributed by atoms with Gasteiger partial charge < -0.3 is 63.6 Å². The maximum Gasteiger partial charge on any atom is 0.326 e. The molecule has 2 rings (SSSR count). The van der Waals surface area contributed by atoms with E-state index in [0.717, 1.165) is 11.1 Å². The summed E-state index contributed by atoms with van der Waals surface area (Å²) in [7, 11) is 1.61. The number of rotatable bonds is 16. The Balaban J connectivity index is 2.66. The largest absolute Gasteiger partial charge is 0.480 e. The Morgan fingerprint density at radius 2 is 1.47 bits per heavy atom. The second-order valence-electron chi connectivity index (χ2n) is 17.6. The summed E-state index contributed by atoms with van der Waals surface area (Å²) in [6.45, 7) is 9.65. The zero-order valence-corrected chi connectivity index (χ0v) is 41.0. The summed E-state index contributed by atoms with van der Waals surface area (Å²) in [6, 6.07) is 2.54. The second kappa shape index (κ2) is 30.4. The maximum atomic E-state index is 14.3. The first-order chi connectivity index (χ1) is 33.0. The van der Waals surface area contributed by atoms with Crippen LogP contribution in [-0.4, -0.2) is 126 Å². The minimum absolute atomic E-state index is 0.0218. The van der Waals surface area contributed by atoms with Crippen molar-refractivity contribution >= 4 is 59.2 Å². The summed E-state index contributed by atoms with van der Waals surface area (Å²) in [6.07, 6.45) is 5.72. The van der Waals surface area contributed by atoms with E-state index in [9.17, 15) is 53.4 Å². The van der Waals surface area contributed by atoms with Crippen LogP contribution in [0.3, 0.4) is 0 Å². The Kier molecular flexibility index (Phi) is 25.6. The molecule has 1 fully saturated rings. The molecule has 8 atom stereocenters. The van der Waals surface area contributed by atoms with Crippen molar-refractivity contribution in [3.63, 3.8) is 0 Å². The van der Waals surface area contributed by atoms with Gasteiger partial charge in [0, 0.05) is 26.0 Å². The minimum atomic E-state index is -1.83. The quantitative estimate of drug-likeness (QED) is 0.0352. The van der Waals surface area contributed by atoms with Crippen molar-refractivity contribution in [1.29, 1.82) is 0 Å². The first-order valence-electron chi connectivity index (χ1n) is 23.2. The highest BCUT2D eigenvalue weighted by Gasteiger charge is 2.33. The highest BCUT2D eigenvalue weighted by atomic mass is 16.5. The van der Waals surface area contributed by atoms with Crippen LogP contribution in [0.15, 0.2) is 70.9 Å². The number of amides is 7. The van der Waals surface area contributed by atoms with E-state index < -0.39 is 115 Å². The number of carboxylic acids is 2. The lowest BCUT2D eigenvalue weighted by atomic mass is 9.94. The molecule has 0 aliphatic carbocycles. The third-order valence-electron chi connectivity index (χ3n) is 11.2. The number of ether oxygens (including phenoxy) is 1. The number of benzene rings is 1. The van der Waals surface area contributed by atoms with E-state index in [2.05, 4.69) is 42.2 Å². The molecular formula is C48H72N10O12. The Morgan fingerprint density at radius 1 is 0.843 bits per heavy atom. The summed E-state index contributed by atoms with van der Waals surface area (Å²) in [4.78, 5) is 123. The Morgan fingerprint density at radius 3 is 2.07 bits per heavy atom. The van der Waals surface area contributed by atoms with Crippen LogP contribution in [0.5, 0.6) is 0 Å². The molecule has 22 nitrogen and oxygen atoms in total. The molecule has 13 N–H and O–H groups in total. The molecule has 0 saturated carbocycles. The summed E-state index contributed by atoms with van der Waals surface area (Å²) in [5, 5.41) is 37.5. The standard InChI is InChI=1S/C48H72N10O12/c1-8-32-43(63)52-26-41(61)55-36(22-27(2)3)45(65)58-37(47(68)69)25-40(60)54-34(16-12-13-21-51-48(49)50)44(64)56-33(30(6)42(62)57-35(46(66)67)19-20-39(59)53-32)18-17-28(4)23-29(5)38(70-7)24-31-14-10-9-11-15-31/h8-11,14-15,17-18,23,27,29-30,33-38H,12-13,16,19-22,24-26H2,1-7H3,(H,52,63)(H,53,59)(H,54,60)(H,55,61)(H,56,64)(H,57,62)(H,58,65)(H,66,67)(H,68,69)(H4,49,50,51)/b18-17+,28-23+,32-8-/t29-,30-,33-,34-,35+,36-,37+,38-/m0/s1.